The Morgan fingerprint density at radius 2 is 2.24 bits per heavy atom. The van der Waals surface area contributed by atoms with E-state index >= 15 is 0 Å². The lowest BCUT2D eigenvalue weighted by atomic mass is 10.2. The maximum atomic E-state index is 5.37. The fourth-order valence-corrected chi connectivity index (χ4v) is 1.88. The quantitative estimate of drug-likeness (QED) is 0.820. The number of nitrogens with zero attached hydrogens (tertiary/aromatic N) is 3. The molecule has 1 fully saturated rings. The SMILES string of the molecule is CCNCc1cnc(N(C)C2CCOC2)nc1. The summed E-state index contributed by atoms with van der Waals surface area (Å²) in [6.07, 6.45) is 4.83. The van der Waals surface area contributed by atoms with Gasteiger partial charge in [-0.05, 0) is 13.0 Å². The summed E-state index contributed by atoms with van der Waals surface area (Å²) in [4.78, 5) is 10.9. The van der Waals surface area contributed by atoms with Gasteiger partial charge in [0.25, 0.3) is 0 Å². The van der Waals surface area contributed by atoms with Gasteiger partial charge in [-0.1, -0.05) is 6.92 Å². The summed E-state index contributed by atoms with van der Waals surface area (Å²) < 4.78 is 5.37. The monoisotopic (exact) mass is 236 g/mol. The lowest BCUT2D eigenvalue weighted by Crippen LogP contribution is -2.33. The number of aromatic nitrogens is 2. The Kier molecular flexibility index (Phi) is 4.28. The molecule has 1 atom stereocenters. The molecule has 1 aliphatic rings. The van der Waals surface area contributed by atoms with Crippen LogP contribution in [0.5, 0.6) is 0 Å². The van der Waals surface area contributed by atoms with Crippen molar-refractivity contribution >= 4 is 5.95 Å². The molecule has 0 bridgehead atoms. The topological polar surface area (TPSA) is 50.3 Å². The van der Waals surface area contributed by atoms with Crippen LogP contribution < -0.4 is 10.2 Å². The van der Waals surface area contributed by atoms with Crippen LogP contribution >= 0.6 is 0 Å². The van der Waals surface area contributed by atoms with Gasteiger partial charge in [0.15, 0.2) is 0 Å². The van der Waals surface area contributed by atoms with Gasteiger partial charge in [0, 0.05) is 38.2 Å². The van der Waals surface area contributed by atoms with E-state index in [4.69, 9.17) is 4.74 Å². The highest BCUT2D eigenvalue weighted by Gasteiger charge is 2.21. The molecule has 1 aromatic heterocycles. The first-order chi connectivity index (χ1) is 8.31. The summed E-state index contributed by atoms with van der Waals surface area (Å²) in [6, 6.07) is 0.412. The maximum absolute atomic E-state index is 5.37. The molecule has 1 N–H and O–H groups in total. The second kappa shape index (κ2) is 5.93. The largest absolute Gasteiger partial charge is 0.379 e. The molecule has 5 heteroatoms. The van der Waals surface area contributed by atoms with Crippen LogP contribution in [0.15, 0.2) is 12.4 Å². The fourth-order valence-electron chi connectivity index (χ4n) is 1.88. The molecule has 1 unspecified atom stereocenters. The molecular formula is C12H20N4O. The van der Waals surface area contributed by atoms with Crippen molar-refractivity contribution in [2.24, 2.45) is 0 Å². The molecule has 0 amide bonds. The molecule has 0 aliphatic carbocycles. The Balaban J connectivity index is 1.96. The second-order valence-corrected chi connectivity index (χ2v) is 4.30. The van der Waals surface area contributed by atoms with Crippen LogP contribution in [0.1, 0.15) is 18.9 Å². The number of ether oxygens (including phenoxy) is 1. The van der Waals surface area contributed by atoms with E-state index in [1.807, 2.05) is 19.4 Å². The van der Waals surface area contributed by atoms with Crippen molar-refractivity contribution in [2.75, 3.05) is 31.7 Å². The molecule has 1 aliphatic heterocycles. The maximum Gasteiger partial charge on any atom is 0.225 e. The zero-order valence-corrected chi connectivity index (χ0v) is 10.5. The zero-order chi connectivity index (χ0) is 12.1. The Hall–Kier alpha value is -1.20. The first kappa shape index (κ1) is 12.3. The van der Waals surface area contributed by atoms with Crippen LogP contribution in [0.3, 0.4) is 0 Å². The molecule has 0 radical (unpaired) electrons. The van der Waals surface area contributed by atoms with Crippen LogP contribution in [0.4, 0.5) is 5.95 Å². The van der Waals surface area contributed by atoms with Gasteiger partial charge in [0.2, 0.25) is 5.95 Å². The number of rotatable bonds is 5. The summed E-state index contributed by atoms with van der Waals surface area (Å²) in [7, 11) is 2.03. The smallest absolute Gasteiger partial charge is 0.225 e. The van der Waals surface area contributed by atoms with Crippen molar-refractivity contribution in [1.29, 1.82) is 0 Å². The summed E-state index contributed by atoms with van der Waals surface area (Å²) in [6.45, 7) is 5.49. The minimum atomic E-state index is 0.412. The van der Waals surface area contributed by atoms with Gasteiger partial charge < -0.3 is 15.0 Å². The van der Waals surface area contributed by atoms with Gasteiger partial charge in [-0.3, -0.25) is 0 Å². The van der Waals surface area contributed by atoms with E-state index < -0.39 is 0 Å². The summed E-state index contributed by atoms with van der Waals surface area (Å²) in [5, 5.41) is 3.25. The van der Waals surface area contributed by atoms with Crippen molar-refractivity contribution < 1.29 is 4.74 Å². The molecule has 94 valence electrons. The second-order valence-electron chi connectivity index (χ2n) is 4.30. The molecule has 2 heterocycles. The molecule has 0 aromatic carbocycles. The van der Waals surface area contributed by atoms with E-state index in [9.17, 15) is 0 Å². The van der Waals surface area contributed by atoms with Crippen molar-refractivity contribution in [1.82, 2.24) is 15.3 Å². The van der Waals surface area contributed by atoms with E-state index in [-0.39, 0.29) is 0 Å². The van der Waals surface area contributed by atoms with Gasteiger partial charge in [-0.25, -0.2) is 9.97 Å². The standard InChI is InChI=1S/C12H20N4O/c1-3-13-6-10-7-14-12(15-8-10)16(2)11-4-5-17-9-11/h7-8,11,13H,3-6,9H2,1-2H3. The third-order valence-electron chi connectivity index (χ3n) is 3.04. The van der Waals surface area contributed by atoms with Crippen LogP contribution in [-0.4, -0.2) is 42.8 Å². The van der Waals surface area contributed by atoms with Gasteiger partial charge in [0.05, 0.1) is 12.6 Å². The molecule has 17 heavy (non-hydrogen) atoms. The molecule has 1 saturated heterocycles. The molecule has 2 rings (SSSR count). The van der Waals surface area contributed by atoms with Gasteiger partial charge in [-0.2, -0.15) is 0 Å². The summed E-state index contributed by atoms with van der Waals surface area (Å²) in [5.41, 5.74) is 1.12. The van der Waals surface area contributed by atoms with E-state index in [2.05, 4.69) is 27.1 Å². The highest BCUT2D eigenvalue weighted by Crippen LogP contribution is 2.15. The predicted octanol–water partition coefficient (Wildman–Crippen LogP) is 0.811. The minimum Gasteiger partial charge on any atom is -0.379 e. The van der Waals surface area contributed by atoms with Crippen LogP contribution in [0.25, 0.3) is 0 Å². The van der Waals surface area contributed by atoms with E-state index in [0.717, 1.165) is 44.2 Å². The number of likely N-dealkylation sites (N-methyl/N-ethyl adjacent to an activating group) is 1. The highest BCUT2D eigenvalue weighted by molar-refractivity contribution is 5.30. The summed E-state index contributed by atoms with van der Waals surface area (Å²) >= 11 is 0. The first-order valence-corrected chi connectivity index (χ1v) is 6.13. The van der Waals surface area contributed by atoms with E-state index in [1.165, 1.54) is 0 Å². The lowest BCUT2D eigenvalue weighted by molar-refractivity contribution is 0.193. The van der Waals surface area contributed by atoms with Gasteiger partial charge in [0.1, 0.15) is 0 Å². The summed E-state index contributed by atoms with van der Waals surface area (Å²) in [5.74, 6) is 0.778. The van der Waals surface area contributed by atoms with Crippen molar-refractivity contribution in [3.05, 3.63) is 18.0 Å². The minimum absolute atomic E-state index is 0.412. The van der Waals surface area contributed by atoms with E-state index in [1.54, 1.807) is 0 Å². The molecule has 5 nitrogen and oxygen atoms in total. The average Bonchev–Trinajstić information content (AvgIpc) is 2.90. The van der Waals surface area contributed by atoms with Crippen molar-refractivity contribution in [3.8, 4) is 0 Å². The first-order valence-electron chi connectivity index (χ1n) is 6.13. The number of anilines is 1. The average molecular weight is 236 g/mol. The number of nitrogens with one attached hydrogen (secondary N) is 1. The van der Waals surface area contributed by atoms with Crippen molar-refractivity contribution in [3.63, 3.8) is 0 Å². The van der Waals surface area contributed by atoms with Crippen LogP contribution in [0, 0.1) is 0 Å². The zero-order valence-electron chi connectivity index (χ0n) is 10.5. The number of hydrogen-bond acceptors (Lipinski definition) is 5. The predicted molar refractivity (Wildman–Crippen MR) is 67.0 cm³/mol. The van der Waals surface area contributed by atoms with Crippen LogP contribution in [0.2, 0.25) is 0 Å². The molecular weight excluding hydrogens is 216 g/mol. The fraction of sp³-hybridized carbons (Fsp3) is 0.667. The van der Waals surface area contributed by atoms with Crippen LogP contribution in [-0.2, 0) is 11.3 Å². The normalized spacial score (nSPS) is 19.5. The van der Waals surface area contributed by atoms with Gasteiger partial charge >= 0.3 is 0 Å². The third-order valence-corrected chi connectivity index (χ3v) is 3.04. The van der Waals surface area contributed by atoms with Gasteiger partial charge in [-0.15, -0.1) is 0 Å². The Bertz CT molecular complexity index is 335. The molecule has 0 saturated carbocycles. The third kappa shape index (κ3) is 3.14. The Labute approximate surface area is 102 Å². The molecule has 1 aromatic rings. The Morgan fingerprint density at radius 3 is 2.82 bits per heavy atom. The number of hydrogen-bond donors (Lipinski definition) is 1. The highest BCUT2D eigenvalue weighted by atomic mass is 16.5. The van der Waals surface area contributed by atoms with E-state index in [0.29, 0.717) is 6.04 Å². The molecule has 0 spiro atoms. The lowest BCUT2D eigenvalue weighted by Gasteiger charge is -2.22. The Morgan fingerprint density at radius 1 is 1.47 bits per heavy atom. The van der Waals surface area contributed by atoms with Crippen molar-refractivity contribution in [2.45, 2.75) is 25.9 Å².